The molecule has 1 N–H and O–H groups in total. The normalized spacial score (nSPS) is 10.6. The first-order chi connectivity index (χ1) is 15.2. The number of nitrogens with one attached hydrogen (secondary N) is 1. The summed E-state index contributed by atoms with van der Waals surface area (Å²) in [5.41, 5.74) is 3.37. The summed E-state index contributed by atoms with van der Waals surface area (Å²) < 4.78 is 15.1. The number of imidazole rings is 1. The minimum atomic E-state index is -0.237. The highest BCUT2D eigenvalue weighted by atomic mass is 32.1. The lowest BCUT2D eigenvalue weighted by Gasteiger charge is -2.25. The SMILES string of the molecule is Fc1ccc(Cn2cnc(NC(=S)N(Cc3ccccc3)Cc3ccccc3)c2)cc1. The van der Waals surface area contributed by atoms with Gasteiger partial charge < -0.3 is 14.8 Å². The van der Waals surface area contributed by atoms with Crippen LogP contribution >= 0.6 is 12.2 Å². The number of hydrogen-bond acceptors (Lipinski definition) is 2. The number of benzene rings is 3. The summed E-state index contributed by atoms with van der Waals surface area (Å²) in [6, 6.07) is 27.0. The molecule has 4 aromatic rings. The molecule has 0 aliphatic carbocycles. The lowest BCUT2D eigenvalue weighted by Crippen LogP contribution is -2.33. The highest BCUT2D eigenvalue weighted by Crippen LogP contribution is 2.14. The van der Waals surface area contributed by atoms with E-state index in [1.807, 2.05) is 47.2 Å². The van der Waals surface area contributed by atoms with Crippen molar-refractivity contribution in [3.8, 4) is 0 Å². The summed E-state index contributed by atoms with van der Waals surface area (Å²) in [6.07, 6.45) is 3.64. The molecular weight excluding hydrogens is 407 g/mol. The van der Waals surface area contributed by atoms with Gasteiger partial charge in [-0.25, -0.2) is 9.37 Å². The molecule has 0 atom stereocenters. The predicted octanol–water partition coefficient (Wildman–Crippen LogP) is 5.47. The first kappa shape index (κ1) is 20.8. The number of anilines is 1. The van der Waals surface area contributed by atoms with Crippen molar-refractivity contribution in [2.24, 2.45) is 0 Å². The van der Waals surface area contributed by atoms with Gasteiger partial charge in [0, 0.05) is 25.8 Å². The molecule has 1 aromatic heterocycles. The molecule has 0 saturated carbocycles. The van der Waals surface area contributed by atoms with E-state index in [0.29, 0.717) is 30.6 Å². The van der Waals surface area contributed by atoms with Gasteiger partial charge in [-0.2, -0.15) is 0 Å². The van der Waals surface area contributed by atoms with E-state index in [9.17, 15) is 4.39 Å². The van der Waals surface area contributed by atoms with Crippen LogP contribution in [0.15, 0.2) is 97.5 Å². The van der Waals surface area contributed by atoms with Crippen LogP contribution in [0.25, 0.3) is 0 Å². The molecule has 0 aliphatic rings. The summed E-state index contributed by atoms with van der Waals surface area (Å²) >= 11 is 5.73. The van der Waals surface area contributed by atoms with E-state index in [4.69, 9.17) is 12.2 Å². The van der Waals surface area contributed by atoms with Crippen molar-refractivity contribution in [2.75, 3.05) is 5.32 Å². The highest BCUT2D eigenvalue weighted by Gasteiger charge is 2.13. The standard InChI is InChI=1S/C25H23FN4S/c26-23-13-11-22(12-14-23)15-29-18-24(27-19-29)28-25(31)30(16-20-7-3-1-4-8-20)17-21-9-5-2-6-10-21/h1-14,18-19H,15-17H2,(H,28,31). The molecule has 31 heavy (non-hydrogen) atoms. The number of nitrogens with zero attached hydrogens (tertiary/aromatic N) is 3. The van der Waals surface area contributed by atoms with Gasteiger partial charge in [-0.1, -0.05) is 72.8 Å². The molecule has 4 rings (SSSR count). The zero-order chi connectivity index (χ0) is 21.5. The van der Waals surface area contributed by atoms with Crippen LogP contribution in [0.2, 0.25) is 0 Å². The third kappa shape index (κ3) is 5.99. The second-order valence-corrected chi connectivity index (χ2v) is 7.70. The number of halogens is 1. The summed E-state index contributed by atoms with van der Waals surface area (Å²) in [7, 11) is 0. The number of rotatable bonds is 7. The van der Waals surface area contributed by atoms with E-state index in [0.717, 1.165) is 5.56 Å². The van der Waals surface area contributed by atoms with Crippen molar-refractivity contribution in [2.45, 2.75) is 19.6 Å². The first-order valence-electron chi connectivity index (χ1n) is 10.1. The lowest BCUT2D eigenvalue weighted by atomic mass is 10.2. The largest absolute Gasteiger partial charge is 0.340 e. The Kier molecular flexibility index (Phi) is 6.69. The molecule has 0 bridgehead atoms. The summed E-state index contributed by atoms with van der Waals surface area (Å²) in [6.45, 7) is 2.00. The van der Waals surface area contributed by atoms with Gasteiger partial charge in [-0.3, -0.25) is 0 Å². The quantitative estimate of drug-likeness (QED) is 0.394. The summed E-state index contributed by atoms with van der Waals surface area (Å²) in [5.74, 6) is 0.442. The molecule has 0 saturated heterocycles. The summed E-state index contributed by atoms with van der Waals surface area (Å²) in [5, 5.41) is 3.87. The Morgan fingerprint density at radius 2 is 1.42 bits per heavy atom. The van der Waals surface area contributed by atoms with Crippen LogP contribution in [-0.4, -0.2) is 19.6 Å². The smallest absolute Gasteiger partial charge is 0.175 e. The van der Waals surface area contributed by atoms with Gasteiger partial charge in [0.05, 0.1) is 6.33 Å². The Morgan fingerprint density at radius 3 is 2.00 bits per heavy atom. The maximum absolute atomic E-state index is 13.1. The van der Waals surface area contributed by atoms with Gasteiger partial charge in [0.15, 0.2) is 5.11 Å². The fourth-order valence-electron chi connectivity index (χ4n) is 3.31. The fraction of sp³-hybridized carbons (Fsp3) is 0.120. The van der Waals surface area contributed by atoms with E-state index in [2.05, 4.69) is 39.5 Å². The van der Waals surface area contributed by atoms with E-state index in [1.165, 1.54) is 23.3 Å². The molecule has 1 heterocycles. The number of thiocarbonyl (C=S) groups is 1. The molecule has 6 heteroatoms. The fourth-order valence-corrected chi connectivity index (χ4v) is 3.54. The average Bonchev–Trinajstić information content (AvgIpc) is 3.23. The van der Waals surface area contributed by atoms with Gasteiger partial charge >= 0.3 is 0 Å². The maximum atomic E-state index is 13.1. The molecule has 0 aliphatic heterocycles. The maximum Gasteiger partial charge on any atom is 0.175 e. The molecule has 156 valence electrons. The van der Waals surface area contributed by atoms with Crippen LogP contribution in [0.3, 0.4) is 0 Å². The van der Waals surface area contributed by atoms with Crippen LogP contribution in [0.4, 0.5) is 10.2 Å². The zero-order valence-electron chi connectivity index (χ0n) is 17.0. The molecule has 3 aromatic carbocycles. The van der Waals surface area contributed by atoms with Crippen molar-refractivity contribution in [3.05, 3.63) is 120 Å². The van der Waals surface area contributed by atoms with Crippen molar-refractivity contribution in [1.29, 1.82) is 0 Å². The van der Waals surface area contributed by atoms with Crippen LogP contribution < -0.4 is 5.32 Å². The van der Waals surface area contributed by atoms with E-state index in [1.54, 1.807) is 18.5 Å². The van der Waals surface area contributed by atoms with Gasteiger partial charge in [-0.05, 0) is 41.0 Å². The molecule has 0 unspecified atom stereocenters. The van der Waals surface area contributed by atoms with Crippen molar-refractivity contribution in [3.63, 3.8) is 0 Å². The number of aromatic nitrogens is 2. The predicted molar refractivity (Wildman–Crippen MR) is 126 cm³/mol. The van der Waals surface area contributed by atoms with E-state index >= 15 is 0 Å². The van der Waals surface area contributed by atoms with Crippen LogP contribution in [-0.2, 0) is 19.6 Å². The minimum absolute atomic E-state index is 0.237. The van der Waals surface area contributed by atoms with E-state index in [-0.39, 0.29) is 5.82 Å². The summed E-state index contributed by atoms with van der Waals surface area (Å²) in [4.78, 5) is 6.55. The second kappa shape index (κ2) is 10.00. The Labute approximate surface area is 187 Å². The monoisotopic (exact) mass is 430 g/mol. The molecule has 0 radical (unpaired) electrons. The second-order valence-electron chi connectivity index (χ2n) is 7.32. The minimum Gasteiger partial charge on any atom is -0.340 e. The van der Waals surface area contributed by atoms with Crippen LogP contribution in [0.5, 0.6) is 0 Å². The van der Waals surface area contributed by atoms with Gasteiger partial charge in [0.1, 0.15) is 11.6 Å². The Hall–Kier alpha value is -3.51. The van der Waals surface area contributed by atoms with Crippen molar-refractivity contribution >= 4 is 23.1 Å². The van der Waals surface area contributed by atoms with Gasteiger partial charge in [0.25, 0.3) is 0 Å². The zero-order valence-corrected chi connectivity index (χ0v) is 17.8. The lowest BCUT2D eigenvalue weighted by molar-refractivity contribution is 0.413. The molecule has 0 fully saturated rings. The van der Waals surface area contributed by atoms with Gasteiger partial charge in [-0.15, -0.1) is 0 Å². The molecular formula is C25H23FN4S. The highest BCUT2D eigenvalue weighted by molar-refractivity contribution is 7.80. The van der Waals surface area contributed by atoms with Gasteiger partial charge in [0.2, 0.25) is 0 Å². The molecule has 0 spiro atoms. The van der Waals surface area contributed by atoms with Crippen molar-refractivity contribution in [1.82, 2.24) is 14.5 Å². The Bertz CT molecular complexity index is 1070. The Morgan fingerprint density at radius 1 is 0.839 bits per heavy atom. The third-order valence-corrected chi connectivity index (χ3v) is 5.23. The first-order valence-corrected chi connectivity index (χ1v) is 10.5. The van der Waals surface area contributed by atoms with Crippen LogP contribution in [0, 0.1) is 5.82 Å². The Balaban J connectivity index is 1.45. The van der Waals surface area contributed by atoms with E-state index < -0.39 is 0 Å². The molecule has 4 nitrogen and oxygen atoms in total. The third-order valence-electron chi connectivity index (χ3n) is 4.87. The van der Waals surface area contributed by atoms with Crippen molar-refractivity contribution < 1.29 is 4.39 Å². The average molecular weight is 431 g/mol. The topological polar surface area (TPSA) is 33.1 Å². The molecule has 0 amide bonds. The number of hydrogen-bond donors (Lipinski definition) is 1. The van der Waals surface area contributed by atoms with Crippen LogP contribution in [0.1, 0.15) is 16.7 Å².